The molecule has 0 atom stereocenters. The molecule has 1 N–H and O–H groups in total. The molecule has 3 aromatic rings. The first-order valence-electron chi connectivity index (χ1n) is 6.90. The van der Waals surface area contributed by atoms with Gasteiger partial charge >= 0.3 is 0 Å². The Kier molecular flexibility index (Phi) is 4.34. The van der Waals surface area contributed by atoms with E-state index in [0.29, 0.717) is 5.88 Å². The minimum atomic E-state index is -0.539. The third-order valence-corrected chi connectivity index (χ3v) is 4.01. The Morgan fingerprint density at radius 2 is 2.21 bits per heavy atom. The highest BCUT2D eigenvalue weighted by atomic mass is 32.1. The van der Waals surface area contributed by atoms with Crippen LogP contribution in [0.25, 0.3) is 10.2 Å². The Labute approximate surface area is 140 Å². The average Bonchev–Trinajstić information content (AvgIpc) is 3.03. The summed E-state index contributed by atoms with van der Waals surface area (Å²) in [6, 6.07) is 6.38. The summed E-state index contributed by atoms with van der Waals surface area (Å²) < 4.78 is 5.41. The maximum atomic E-state index is 12.0. The number of nitrogens with zero attached hydrogens (tertiary/aromatic N) is 3. The molecule has 0 radical (unpaired) electrons. The van der Waals surface area contributed by atoms with E-state index in [4.69, 9.17) is 4.74 Å². The van der Waals surface area contributed by atoms with Crippen LogP contribution in [0.4, 0.5) is 11.4 Å². The molecular weight excluding hydrogens is 332 g/mol. The molecule has 0 saturated carbocycles. The average molecular weight is 344 g/mol. The number of benzene rings is 1. The third-order valence-electron chi connectivity index (χ3n) is 3.19. The summed E-state index contributed by atoms with van der Waals surface area (Å²) in [6.07, 6.45) is 1.36. The van der Waals surface area contributed by atoms with E-state index in [0.717, 1.165) is 15.8 Å². The first-order chi connectivity index (χ1) is 11.5. The van der Waals surface area contributed by atoms with Gasteiger partial charge in [-0.05, 0) is 30.0 Å². The second-order valence-corrected chi connectivity index (χ2v) is 5.83. The van der Waals surface area contributed by atoms with Crippen molar-refractivity contribution in [2.75, 3.05) is 11.9 Å². The summed E-state index contributed by atoms with van der Waals surface area (Å²) in [4.78, 5) is 31.4. The van der Waals surface area contributed by atoms with E-state index < -0.39 is 10.8 Å². The SMILES string of the molecule is Cc1ccc(NC(=O)COc2ncnc3sccc23)c([N+](=O)[O-])c1. The molecule has 0 bridgehead atoms. The van der Waals surface area contributed by atoms with Gasteiger partial charge < -0.3 is 10.1 Å². The van der Waals surface area contributed by atoms with E-state index >= 15 is 0 Å². The number of aryl methyl sites for hydroxylation is 1. The van der Waals surface area contributed by atoms with E-state index in [2.05, 4.69) is 15.3 Å². The number of aromatic nitrogens is 2. The van der Waals surface area contributed by atoms with Gasteiger partial charge in [-0.3, -0.25) is 14.9 Å². The second-order valence-electron chi connectivity index (χ2n) is 4.93. The van der Waals surface area contributed by atoms with Gasteiger partial charge in [0.15, 0.2) is 6.61 Å². The first kappa shape index (κ1) is 15.8. The van der Waals surface area contributed by atoms with Crippen LogP contribution in [0.1, 0.15) is 5.56 Å². The number of carbonyl (C=O) groups excluding carboxylic acids is 1. The molecule has 1 aromatic carbocycles. The Morgan fingerprint density at radius 3 is 3.00 bits per heavy atom. The Morgan fingerprint density at radius 1 is 1.38 bits per heavy atom. The topological polar surface area (TPSA) is 107 Å². The highest BCUT2D eigenvalue weighted by Gasteiger charge is 2.16. The molecular formula is C15H12N4O4S. The molecule has 0 aliphatic carbocycles. The fourth-order valence-corrected chi connectivity index (χ4v) is 2.82. The van der Waals surface area contributed by atoms with Crippen LogP contribution < -0.4 is 10.1 Å². The molecule has 2 heterocycles. The molecule has 0 aliphatic heterocycles. The number of carbonyl (C=O) groups is 1. The van der Waals surface area contributed by atoms with Crippen LogP contribution in [0.2, 0.25) is 0 Å². The zero-order valence-corrected chi connectivity index (χ0v) is 13.4. The molecule has 0 unspecified atom stereocenters. The highest BCUT2D eigenvalue weighted by Crippen LogP contribution is 2.26. The minimum Gasteiger partial charge on any atom is -0.467 e. The van der Waals surface area contributed by atoms with E-state index in [9.17, 15) is 14.9 Å². The summed E-state index contributed by atoms with van der Waals surface area (Å²) in [5.74, 6) is -0.209. The second kappa shape index (κ2) is 6.59. The number of amides is 1. The van der Waals surface area contributed by atoms with Gasteiger partial charge in [0.1, 0.15) is 16.8 Å². The van der Waals surface area contributed by atoms with Crippen molar-refractivity contribution in [1.29, 1.82) is 0 Å². The molecule has 0 fully saturated rings. The van der Waals surface area contributed by atoms with Crippen LogP contribution in [-0.2, 0) is 4.79 Å². The van der Waals surface area contributed by atoms with Crippen molar-refractivity contribution in [2.24, 2.45) is 0 Å². The number of rotatable bonds is 5. The van der Waals surface area contributed by atoms with Crippen molar-refractivity contribution in [3.63, 3.8) is 0 Å². The maximum Gasteiger partial charge on any atom is 0.293 e. The molecule has 9 heteroatoms. The van der Waals surface area contributed by atoms with Crippen molar-refractivity contribution in [3.05, 3.63) is 51.7 Å². The lowest BCUT2D eigenvalue weighted by Crippen LogP contribution is -2.21. The molecule has 0 spiro atoms. The number of nitrogens with one attached hydrogen (secondary N) is 1. The van der Waals surface area contributed by atoms with E-state index in [1.165, 1.54) is 29.8 Å². The highest BCUT2D eigenvalue weighted by molar-refractivity contribution is 7.16. The Balaban J connectivity index is 1.70. The number of anilines is 1. The van der Waals surface area contributed by atoms with Crippen molar-refractivity contribution in [2.45, 2.75) is 6.92 Å². The summed E-state index contributed by atoms with van der Waals surface area (Å²) >= 11 is 1.44. The molecule has 0 aliphatic rings. The molecule has 2 aromatic heterocycles. The van der Waals surface area contributed by atoms with Gasteiger partial charge in [0.25, 0.3) is 11.6 Å². The van der Waals surface area contributed by atoms with Crippen LogP contribution in [0, 0.1) is 17.0 Å². The Bertz CT molecular complexity index is 925. The number of hydrogen-bond acceptors (Lipinski definition) is 7. The van der Waals surface area contributed by atoms with Gasteiger partial charge in [0.05, 0.1) is 10.3 Å². The number of nitro benzene ring substituents is 1. The van der Waals surface area contributed by atoms with E-state index in [-0.39, 0.29) is 18.0 Å². The molecule has 1 amide bonds. The van der Waals surface area contributed by atoms with Crippen molar-refractivity contribution < 1.29 is 14.5 Å². The number of hydrogen-bond donors (Lipinski definition) is 1. The number of nitro groups is 1. The summed E-state index contributed by atoms with van der Waals surface area (Å²) in [7, 11) is 0. The molecule has 24 heavy (non-hydrogen) atoms. The van der Waals surface area contributed by atoms with E-state index in [1.54, 1.807) is 19.1 Å². The standard InChI is InChI=1S/C15H12N4O4S/c1-9-2-3-11(12(6-9)19(21)22)18-13(20)7-23-14-10-4-5-24-15(10)17-8-16-14/h2-6,8H,7H2,1H3,(H,18,20). The normalized spacial score (nSPS) is 10.5. The number of thiophene rings is 1. The van der Waals surface area contributed by atoms with Gasteiger partial charge in [-0.1, -0.05) is 6.07 Å². The van der Waals surface area contributed by atoms with Gasteiger partial charge in [0.2, 0.25) is 5.88 Å². The predicted molar refractivity (Wildman–Crippen MR) is 89.4 cm³/mol. The van der Waals surface area contributed by atoms with Crippen molar-refractivity contribution in [3.8, 4) is 5.88 Å². The lowest BCUT2D eigenvalue weighted by Gasteiger charge is -2.08. The van der Waals surface area contributed by atoms with Gasteiger partial charge in [-0.25, -0.2) is 9.97 Å². The van der Waals surface area contributed by atoms with Gasteiger partial charge in [-0.2, -0.15) is 0 Å². The van der Waals surface area contributed by atoms with Crippen LogP contribution in [0.15, 0.2) is 36.0 Å². The quantitative estimate of drug-likeness (QED) is 0.563. The number of fused-ring (bicyclic) bond motifs is 1. The van der Waals surface area contributed by atoms with Crippen LogP contribution in [0.5, 0.6) is 5.88 Å². The lowest BCUT2D eigenvalue weighted by atomic mass is 10.2. The fourth-order valence-electron chi connectivity index (χ4n) is 2.10. The molecule has 3 rings (SSSR count). The Hall–Kier alpha value is -3.07. The molecule has 122 valence electrons. The first-order valence-corrected chi connectivity index (χ1v) is 7.78. The summed E-state index contributed by atoms with van der Waals surface area (Å²) in [5, 5.41) is 16.1. The van der Waals surface area contributed by atoms with Gasteiger partial charge in [0, 0.05) is 6.07 Å². The summed E-state index contributed by atoms with van der Waals surface area (Å²) in [5.41, 5.74) is 0.699. The molecule has 0 saturated heterocycles. The number of ether oxygens (including phenoxy) is 1. The summed E-state index contributed by atoms with van der Waals surface area (Å²) in [6.45, 7) is 1.43. The third kappa shape index (κ3) is 3.30. The maximum absolute atomic E-state index is 12.0. The van der Waals surface area contributed by atoms with Crippen molar-refractivity contribution in [1.82, 2.24) is 9.97 Å². The zero-order chi connectivity index (χ0) is 17.1. The van der Waals surface area contributed by atoms with E-state index in [1.807, 2.05) is 5.38 Å². The minimum absolute atomic E-state index is 0.127. The van der Waals surface area contributed by atoms with Crippen molar-refractivity contribution >= 4 is 38.8 Å². The van der Waals surface area contributed by atoms with Crippen LogP contribution >= 0.6 is 11.3 Å². The smallest absolute Gasteiger partial charge is 0.293 e. The lowest BCUT2D eigenvalue weighted by molar-refractivity contribution is -0.384. The predicted octanol–water partition coefficient (Wildman–Crippen LogP) is 2.93. The molecule has 8 nitrogen and oxygen atoms in total. The van der Waals surface area contributed by atoms with Crippen LogP contribution in [-0.4, -0.2) is 27.4 Å². The fraction of sp³-hybridized carbons (Fsp3) is 0.133. The monoisotopic (exact) mass is 344 g/mol. The largest absolute Gasteiger partial charge is 0.467 e. The zero-order valence-electron chi connectivity index (χ0n) is 12.6. The van der Waals surface area contributed by atoms with Crippen LogP contribution in [0.3, 0.4) is 0 Å². The van der Waals surface area contributed by atoms with Gasteiger partial charge in [-0.15, -0.1) is 11.3 Å².